The van der Waals surface area contributed by atoms with Gasteiger partial charge < -0.3 is 5.73 Å². The average molecular weight is 233 g/mol. The molecule has 0 spiro atoms. The highest BCUT2D eigenvalue weighted by Crippen LogP contribution is 2.35. The van der Waals surface area contributed by atoms with E-state index in [1.165, 1.54) is 16.7 Å². The maximum absolute atomic E-state index is 5.71. The predicted octanol–water partition coefficient (Wildman–Crippen LogP) is 3.37. The van der Waals surface area contributed by atoms with Crippen molar-refractivity contribution in [2.75, 3.05) is 6.54 Å². The molecule has 2 N–H and O–H groups in total. The van der Waals surface area contributed by atoms with Crippen molar-refractivity contribution >= 4 is 12.6 Å². The number of rotatable bonds is 2. The molecule has 2 rings (SSSR count). The van der Waals surface area contributed by atoms with E-state index in [0.717, 1.165) is 24.2 Å². The van der Waals surface area contributed by atoms with Crippen molar-refractivity contribution in [2.24, 2.45) is 11.7 Å². The number of allylic oxidation sites excluding steroid dienone is 5. The van der Waals surface area contributed by atoms with E-state index >= 15 is 0 Å². The molecule has 0 bridgehead atoms. The minimum absolute atomic E-state index is 0.596. The van der Waals surface area contributed by atoms with Crippen LogP contribution >= 0.6 is 12.6 Å². The Labute approximate surface area is 103 Å². The van der Waals surface area contributed by atoms with Gasteiger partial charge in [0, 0.05) is 11.4 Å². The molecule has 0 heterocycles. The topological polar surface area (TPSA) is 26.0 Å². The minimum Gasteiger partial charge on any atom is -0.327 e. The van der Waals surface area contributed by atoms with Gasteiger partial charge in [-0.1, -0.05) is 31.2 Å². The van der Waals surface area contributed by atoms with Gasteiger partial charge in [0.1, 0.15) is 0 Å². The molecule has 1 nitrogen and oxygen atoms in total. The molecule has 2 heteroatoms. The van der Waals surface area contributed by atoms with Crippen LogP contribution in [0.2, 0.25) is 0 Å². The first-order chi connectivity index (χ1) is 7.72. The minimum atomic E-state index is 0.596. The van der Waals surface area contributed by atoms with Gasteiger partial charge in [-0.25, -0.2) is 0 Å². The Kier molecular flexibility index (Phi) is 3.72. The maximum Gasteiger partial charge on any atom is 0.0175 e. The van der Waals surface area contributed by atoms with Crippen molar-refractivity contribution in [3.63, 3.8) is 0 Å². The van der Waals surface area contributed by atoms with Crippen LogP contribution in [-0.2, 0) is 0 Å². The molecule has 0 saturated carbocycles. The summed E-state index contributed by atoms with van der Waals surface area (Å²) in [5, 5.41) is 0. The second kappa shape index (κ2) is 5.07. The van der Waals surface area contributed by atoms with Crippen molar-refractivity contribution in [1.29, 1.82) is 0 Å². The van der Waals surface area contributed by atoms with E-state index in [-0.39, 0.29) is 0 Å². The summed E-state index contributed by atoms with van der Waals surface area (Å²) in [7, 11) is 0. The summed E-state index contributed by atoms with van der Waals surface area (Å²) in [6, 6.07) is 0. The molecule has 0 aromatic carbocycles. The van der Waals surface area contributed by atoms with E-state index in [2.05, 4.69) is 43.9 Å². The highest BCUT2D eigenvalue weighted by molar-refractivity contribution is 7.84. The molecule has 1 unspecified atom stereocenters. The fourth-order valence-electron chi connectivity index (χ4n) is 2.33. The molecule has 0 radical (unpaired) electrons. The van der Waals surface area contributed by atoms with E-state index in [4.69, 9.17) is 5.73 Å². The van der Waals surface area contributed by atoms with E-state index in [1.807, 2.05) is 0 Å². The lowest BCUT2D eigenvalue weighted by molar-refractivity contribution is 0.675. The zero-order valence-corrected chi connectivity index (χ0v) is 10.6. The molecule has 16 heavy (non-hydrogen) atoms. The maximum atomic E-state index is 5.71. The van der Waals surface area contributed by atoms with Gasteiger partial charge in [-0.05, 0) is 41.9 Å². The van der Waals surface area contributed by atoms with E-state index in [1.54, 1.807) is 0 Å². The van der Waals surface area contributed by atoms with Crippen LogP contribution in [0.5, 0.6) is 0 Å². The number of nitrogens with two attached hydrogens (primary N) is 1. The zero-order chi connectivity index (χ0) is 11.5. The largest absolute Gasteiger partial charge is 0.327 e. The molecule has 0 aromatic rings. The van der Waals surface area contributed by atoms with Crippen molar-refractivity contribution in [3.05, 3.63) is 45.9 Å². The Morgan fingerprint density at radius 2 is 2.31 bits per heavy atom. The molecule has 2 aliphatic carbocycles. The van der Waals surface area contributed by atoms with Crippen molar-refractivity contribution in [2.45, 2.75) is 26.2 Å². The van der Waals surface area contributed by atoms with Crippen LogP contribution in [0.4, 0.5) is 0 Å². The number of hydrogen-bond acceptors (Lipinski definition) is 2. The van der Waals surface area contributed by atoms with Crippen LogP contribution < -0.4 is 5.73 Å². The van der Waals surface area contributed by atoms with Gasteiger partial charge in [0.05, 0.1) is 0 Å². The summed E-state index contributed by atoms with van der Waals surface area (Å²) in [5.41, 5.74) is 9.83. The highest BCUT2D eigenvalue weighted by Gasteiger charge is 2.19. The monoisotopic (exact) mass is 233 g/mol. The number of hydrogen-bond donors (Lipinski definition) is 2. The van der Waals surface area contributed by atoms with E-state index in [9.17, 15) is 0 Å². The normalized spacial score (nSPS) is 25.6. The van der Waals surface area contributed by atoms with Gasteiger partial charge in [-0.3, -0.25) is 0 Å². The SMILES string of the molecule is CC1CC=C(CN)C=C1C1=C(S)C=CCC1. The van der Waals surface area contributed by atoms with Crippen LogP contribution in [0.1, 0.15) is 26.2 Å². The average Bonchev–Trinajstić information content (AvgIpc) is 2.31. The summed E-state index contributed by atoms with van der Waals surface area (Å²) >= 11 is 4.57. The van der Waals surface area contributed by atoms with Crippen molar-refractivity contribution in [3.8, 4) is 0 Å². The molecule has 86 valence electrons. The first-order valence-corrected chi connectivity index (χ1v) is 6.36. The second-order valence-corrected chi connectivity index (χ2v) is 5.01. The fourth-order valence-corrected chi connectivity index (χ4v) is 2.67. The Balaban J connectivity index is 2.35. The van der Waals surface area contributed by atoms with Crippen LogP contribution in [-0.4, -0.2) is 6.54 Å². The Morgan fingerprint density at radius 3 is 3.00 bits per heavy atom. The lowest BCUT2D eigenvalue weighted by Gasteiger charge is -2.25. The summed E-state index contributed by atoms with van der Waals surface area (Å²) in [5.74, 6) is 0.596. The summed E-state index contributed by atoms with van der Waals surface area (Å²) in [6.07, 6.45) is 12.2. The third kappa shape index (κ3) is 2.33. The molecule has 1 atom stereocenters. The molecule has 0 amide bonds. The van der Waals surface area contributed by atoms with Gasteiger partial charge >= 0.3 is 0 Å². The summed E-state index contributed by atoms with van der Waals surface area (Å²) in [4.78, 5) is 1.13. The van der Waals surface area contributed by atoms with Gasteiger partial charge in [0.15, 0.2) is 0 Å². The molecule has 2 aliphatic rings. The standard InChI is InChI=1S/C14H19NS/c1-10-6-7-11(9-15)8-13(10)12-4-2-3-5-14(12)16/h3,5,7-8,10,16H,2,4,6,9,15H2,1H3. The molecule has 0 saturated heterocycles. The molecule has 0 fully saturated rings. The lowest BCUT2D eigenvalue weighted by atomic mass is 9.82. The quantitative estimate of drug-likeness (QED) is 0.703. The van der Waals surface area contributed by atoms with Gasteiger partial charge in [0.2, 0.25) is 0 Å². The van der Waals surface area contributed by atoms with Gasteiger partial charge in [0.25, 0.3) is 0 Å². The zero-order valence-electron chi connectivity index (χ0n) is 9.74. The van der Waals surface area contributed by atoms with Crippen LogP contribution in [0.25, 0.3) is 0 Å². The van der Waals surface area contributed by atoms with E-state index < -0.39 is 0 Å². The molecular weight excluding hydrogens is 214 g/mol. The molecular formula is C14H19NS. The summed E-state index contributed by atoms with van der Waals surface area (Å²) < 4.78 is 0. The molecule has 0 aromatic heterocycles. The van der Waals surface area contributed by atoms with Crippen molar-refractivity contribution in [1.82, 2.24) is 0 Å². The first kappa shape index (κ1) is 11.7. The highest BCUT2D eigenvalue weighted by atomic mass is 32.1. The first-order valence-electron chi connectivity index (χ1n) is 5.92. The van der Waals surface area contributed by atoms with Crippen molar-refractivity contribution < 1.29 is 0 Å². The van der Waals surface area contributed by atoms with Gasteiger partial charge in [-0.2, -0.15) is 0 Å². The summed E-state index contributed by atoms with van der Waals surface area (Å²) in [6.45, 7) is 2.92. The second-order valence-electron chi connectivity index (χ2n) is 4.52. The fraction of sp³-hybridized carbons (Fsp3) is 0.429. The van der Waals surface area contributed by atoms with Crippen LogP contribution in [0.15, 0.2) is 45.9 Å². The van der Waals surface area contributed by atoms with Crippen LogP contribution in [0, 0.1) is 5.92 Å². The Morgan fingerprint density at radius 1 is 1.50 bits per heavy atom. The predicted molar refractivity (Wildman–Crippen MR) is 73.4 cm³/mol. The number of thiol groups is 1. The lowest BCUT2D eigenvalue weighted by Crippen LogP contribution is -2.12. The van der Waals surface area contributed by atoms with E-state index in [0.29, 0.717) is 12.5 Å². The molecule has 0 aliphatic heterocycles. The third-order valence-electron chi connectivity index (χ3n) is 3.34. The Hall–Kier alpha value is -0.730. The Bertz CT molecular complexity index is 399. The van der Waals surface area contributed by atoms with Crippen LogP contribution in [0.3, 0.4) is 0 Å². The third-order valence-corrected chi connectivity index (χ3v) is 3.75. The smallest absolute Gasteiger partial charge is 0.0175 e. The van der Waals surface area contributed by atoms with Gasteiger partial charge in [-0.15, -0.1) is 12.6 Å².